The molecule has 0 amide bonds. The Labute approximate surface area is 170 Å². The molecule has 0 radical (unpaired) electrons. The smallest absolute Gasteiger partial charge is 0.129 e. The highest BCUT2D eigenvalue weighted by atomic mass is 32.1. The molecule has 0 aliphatic heterocycles. The molecule has 0 unspecified atom stereocenters. The van der Waals surface area contributed by atoms with Crippen molar-refractivity contribution in [3.05, 3.63) is 94.4 Å². The Morgan fingerprint density at radius 3 is 2.50 bits per heavy atom. The third kappa shape index (κ3) is 4.59. The highest BCUT2D eigenvalue weighted by Gasteiger charge is 2.07. The zero-order valence-electron chi connectivity index (χ0n) is 16.4. The summed E-state index contributed by atoms with van der Waals surface area (Å²) >= 11 is 1.68. The number of hydrazone groups is 1. The summed E-state index contributed by atoms with van der Waals surface area (Å²) in [4.78, 5) is 1.16. The molecule has 3 nitrogen and oxygen atoms in total. The molecule has 0 bridgehead atoms. The van der Waals surface area contributed by atoms with Crippen molar-refractivity contribution in [2.24, 2.45) is 5.10 Å². The molecule has 2 aromatic carbocycles. The van der Waals surface area contributed by atoms with E-state index in [0.717, 1.165) is 27.5 Å². The number of hydrogen-bond acceptors (Lipinski definition) is 4. The van der Waals surface area contributed by atoms with Gasteiger partial charge < -0.3 is 4.74 Å². The number of nitrogens with zero attached hydrogens (tertiary/aromatic N) is 1. The fourth-order valence-electron chi connectivity index (χ4n) is 2.89. The maximum atomic E-state index is 5.51. The van der Waals surface area contributed by atoms with E-state index in [1.54, 1.807) is 11.3 Å². The molecule has 28 heavy (non-hydrogen) atoms. The van der Waals surface area contributed by atoms with Crippen LogP contribution < -0.4 is 5.43 Å². The van der Waals surface area contributed by atoms with Gasteiger partial charge in [-0.1, -0.05) is 30.8 Å². The molecule has 1 heterocycles. The first-order chi connectivity index (χ1) is 13.6. The topological polar surface area (TPSA) is 33.6 Å². The lowest BCUT2D eigenvalue weighted by Gasteiger charge is -2.12. The van der Waals surface area contributed by atoms with Gasteiger partial charge in [-0.25, -0.2) is 0 Å². The van der Waals surface area contributed by atoms with Crippen LogP contribution in [0, 0.1) is 13.8 Å². The summed E-state index contributed by atoms with van der Waals surface area (Å²) in [6.07, 6.45) is 5.25. The average molecular weight is 389 g/mol. The van der Waals surface area contributed by atoms with Crippen LogP contribution in [0.5, 0.6) is 0 Å². The van der Waals surface area contributed by atoms with Gasteiger partial charge in [0, 0.05) is 10.4 Å². The van der Waals surface area contributed by atoms with Gasteiger partial charge in [-0.05, 0) is 78.7 Å². The fraction of sp³-hybridized carbons (Fsp3) is 0.125. The van der Waals surface area contributed by atoms with Crippen molar-refractivity contribution < 1.29 is 4.74 Å². The van der Waals surface area contributed by atoms with Crippen LogP contribution in [-0.2, 0) is 4.74 Å². The van der Waals surface area contributed by atoms with E-state index in [1.165, 1.54) is 23.0 Å². The third-order valence-corrected chi connectivity index (χ3v) is 5.42. The lowest BCUT2D eigenvalue weighted by atomic mass is 9.97. The summed E-state index contributed by atoms with van der Waals surface area (Å²) in [6, 6.07) is 16.7. The summed E-state index contributed by atoms with van der Waals surface area (Å²) in [7, 11) is 0. The van der Waals surface area contributed by atoms with Crippen LogP contribution in [0.2, 0.25) is 0 Å². The second kappa shape index (κ2) is 9.20. The van der Waals surface area contributed by atoms with Gasteiger partial charge in [-0.3, -0.25) is 5.43 Å². The Morgan fingerprint density at radius 1 is 1.07 bits per heavy atom. The molecule has 0 spiro atoms. The number of benzene rings is 2. The summed E-state index contributed by atoms with van der Waals surface area (Å²) in [5.74, 6) is 0.799. The van der Waals surface area contributed by atoms with Crippen molar-refractivity contribution in [2.45, 2.75) is 20.8 Å². The second-order valence-corrected chi connectivity index (χ2v) is 7.33. The zero-order chi connectivity index (χ0) is 19.9. The van der Waals surface area contributed by atoms with Crippen LogP contribution in [-0.4, -0.2) is 6.21 Å². The molecule has 0 atom stereocenters. The monoisotopic (exact) mass is 388 g/mol. The van der Waals surface area contributed by atoms with Crippen molar-refractivity contribution >= 4 is 29.0 Å². The van der Waals surface area contributed by atoms with Gasteiger partial charge in [0.1, 0.15) is 5.76 Å². The van der Waals surface area contributed by atoms with Crippen molar-refractivity contribution in [3.8, 4) is 11.1 Å². The minimum absolute atomic E-state index is 0.799. The Bertz CT molecular complexity index is 1010. The van der Waals surface area contributed by atoms with Crippen LogP contribution in [0.25, 0.3) is 16.9 Å². The Kier molecular flexibility index (Phi) is 6.45. The number of thiophene rings is 1. The lowest BCUT2D eigenvalue weighted by molar-refractivity contribution is 0.438. The standard InChI is InChI=1S/C24H24N2OS/c1-5-23(27-6-2)20-8-7-17(3)22(15-20)19-9-11-21(12-10-19)26-25-16-24-18(4)13-14-28-24/h5-16,26H,2H2,1,3-4H3/b23-5-,25-16+. The van der Waals surface area contributed by atoms with E-state index in [2.05, 4.69) is 72.7 Å². The molecule has 142 valence electrons. The first-order valence-corrected chi connectivity index (χ1v) is 9.99. The van der Waals surface area contributed by atoms with E-state index >= 15 is 0 Å². The first-order valence-electron chi connectivity index (χ1n) is 9.11. The van der Waals surface area contributed by atoms with Crippen molar-refractivity contribution in [1.29, 1.82) is 0 Å². The largest absolute Gasteiger partial charge is 0.465 e. The predicted octanol–water partition coefficient (Wildman–Crippen LogP) is 7.00. The van der Waals surface area contributed by atoms with Gasteiger partial charge in [-0.15, -0.1) is 11.3 Å². The van der Waals surface area contributed by atoms with E-state index in [0.29, 0.717) is 0 Å². The number of nitrogens with one attached hydrogen (secondary N) is 1. The van der Waals surface area contributed by atoms with Crippen LogP contribution in [0.3, 0.4) is 0 Å². The maximum absolute atomic E-state index is 5.51. The maximum Gasteiger partial charge on any atom is 0.129 e. The van der Waals surface area contributed by atoms with E-state index < -0.39 is 0 Å². The van der Waals surface area contributed by atoms with Gasteiger partial charge in [0.15, 0.2) is 0 Å². The summed E-state index contributed by atoms with van der Waals surface area (Å²) < 4.78 is 5.51. The lowest BCUT2D eigenvalue weighted by Crippen LogP contribution is -1.92. The van der Waals surface area contributed by atoms with Gasteiger partial charge in [-0.2, -0.15) is 5.10 Å². The highest BCUT2D eigenvalue weighted by Crippen LogP contribution is 2.29. The Morgan fingerprint density at radius 2 is 1.86 bits per heavy atom. The van der Waals surface area contributed by atoms with Crippen molar-refractivity contribution in [2.75, 3.05) is 5.43 Å². The molecule has 1 N–H and O–H groups in total. The molecule has 0 saturated heterocycles. The highest BCUT2D eigenvalue weighted by molar-refractivity contribution is 7.11. The minimum atomic E-state index is 0.799. The van der Waals surface area contributed by atoms with Gasteiger partial charge in [0.2, 0.25) is 0 Å². The van der Waals surface area contributed by atoms with E-state index in [9.17, 15) is 0 Å². The molecule has 3 rings (SSSR count). The molecule has 1 aromatic heterocycles. The Hall–Kier alpha value is -3.11. The molecule has 0 fully saturated rings. The van der Waals surface area contributed by atoms with Crippen LogP contribution in [0.4, 0.5) is 5.69 Å². The summed E-state index contributed by atoms with van der Waals surface area (Å²) in [6.45, 7) is 9.80. The van der Waals surface area contributed by atoms with Crippen LogP contribution >= 0.6 is 11.3 Å². The van der Waals surface area contributed by atoms with Gasteiger partial charge >= 0.3 is 0 Å². The first kappa shape index (κ1) is 19.6. The Balaban J connectivity index is 1.78. The SMILES string of the molecule is C=CO/C(=C\C)c1ccc(C)c(-c2ccc(N/N=C/c3sccc3C)cc2)c1. The van der Waals surface area contributed by atoms with Crippen molar-refractivity contribution in [3.63, 3.8) is 0 Å². The summed E-state index contributed by atoms with van der Waals surface area (Å²) in [5.41, 5.74) is 9.85. The van der Waals surface area contributed by atoms with Crippen molar-refractivity contribution in [1.82, 2.24) is 0 Å². The number of aryl methyl sites for hydroxylation is 2. The number of hydrogen-bond donors (Lipinski definition) is 1. The molecule has 3 aromatic rings. The van der Waals surface area contributed by atoms with Gasteiger partial charge in [0.05, 0.1) is 18.2 Å². The molecule has 0 saturated carbocycles. The zero-order valence-corrected chi connectivity index (χ0v) is 17.2. The van der Waals surface area contributed by atoms with E-state index in [-0.39, 0.29) is 0 Å². The molecule has 4 heteroatoms. The minimum Gasteiger partial charge on any atom is -0.465 e. The fourth-order valence-corrected chi connectivity index (χ4v) is 3.67. The van der Waals surface area contributed by atoms with Crippen LogP contribution in [0.1, 0.15) is 28.5 Å². The van der Waals surface area contributed by atoms with E-state index in [4.69, 9.17) is 4.74 Å². The van der Waals surface area contributed by atoms with E-state index in [1.807, 2.05) is 31.3 Å². The quantitative estimate of drug-likeness (QED) is 0.268. The van der Waals surface area contributed by atoms with Crippen LogP contribution in [0.15, 0.2) is 77.9 Å². The average Bonchev–Trinajstić information content (AvgIpc) is 3.12. The summed E-state index contributed by atoms with van der Waals surface area (Å²) in [5, 5.41) is 6.41. The normalized spacial score (nSPS) is 11.6. The second-order valence-electron chi connectivity index (χ2n) is 6.38. The molecular formula is C24H24N2OS. The predicted molar refractivity (Wildman–Crippen MR) is 122 cm³/mol. The molecule has 0 aliphatic carbocycles. The third-order valence-electron chi connectivity index (χ3n) is 4.47. The molecule has 0 aliphatic rings. The van der Waals surface area contributed by atoms with Gasteiger partial charge in [0.25, 0.3) is 0 Å². The number of allylic oxidation sites excluding steroid dienone is 1. The molecular weight excluding hydrogens is 364 g/mol. The number of ether oxygens (including phenoxy) is 1. The number of rotatable bonds is 7. The number of anilines is 1.